The van der Waals surface area contributed by atoms with Crippen molar-refractivity contribution in [1.82, 2.24) is 5.32 Å². The summed E-state index contributed by atoms with van der Waals surface area (Å²) >= 11 is 0. The van der Waals surface area contributed by atoms with Crippen molar-refractivity contribution in [2.45, 2.75) is 12.5 Å². The first-order valence-electron chi connectivity index (χ1n) is 5.02. The van der Waals surface area contributed by atoms with E-state index >= 15 is 0 Å². The summed E-state index contributed by atoms with van der Waals surface area (Å²) in [6.07, 6.45) is 0.547. The number of quaternary nitrogens is 1. The van der Waals surface area contributed by atoms with Gasteiger partial charge in [0.1, 0.15) is 0 Å². The summed E-state index contributed by atoms with van der Waals surface area (Å²) in [5.74, 6) is -0.817. The van der Waals surface area contributed by atoms with Gasteiger partial charge < -0.3 is 16.8 Å². The van der Waals surface area contributed by atoms with E-state index in [2.05, 4.69) is 11.1 Å². The molecule has 6 N–H and O–H groups in total. The Morgan fingerprint density at radius 2 is 1.94 bits per heavy atom. The standard InChI is InChI=1S/C11H15N3O2/c12-9(11(16)14-7-10(13)15)6-8-4-2-1-3-5-8/h1-5,9H,6-7,12H2,(H2,13,15)(H,14,16)/p+1/t9-/m0/s1. The van der Waals surface area contributed by atoms with Crippen LogP contribution >= 0.6 is 0 Å². The minimum Gasteiger partial charge on any atom is -0.368 e. The lowest BCUT2D eigenvalue weighted by molar-refractivity contribution is -0.403. The summed E-state index contributed by atoms with van der Waals surface area (Å²) in [6.45, 7) is -0.139. The van der Waals surface area contributed by atoms with Gasteiger partial charge in [-0.15, -0.1) is 0 Å². The number of carbonyl (C=O) groups is 2. The van der Waals surface area contributed by atoms with Crippen LogP contribution in [-0.2, 0) is 16.0 Å². The smallest absolute Gasteiger partial charge is 0.278 e. The molecule has 1 rings (SSSR count). The molecule has 0 saturated carbocycles. The highest BCUT2D eigenvalue weighted by Gasteiger charge is 2.17. The third-order valence-electron chi connectivity index (χ3n) is 2.13. The number of rotatable bonds is 5. The van der Waals surface area contributed by atoms with Gasteiger partial charge in [0.2, 0.25) is 5.91 Å². The van der Waals surface area contributed by atoms with E-state index in [-0.39, 0.29) is 12.5 Å². The van der Waals surface area contributed by atoms with Crippen LogP contribution in [0.5, 0.6) is 0 Å². The Morgan fingerprint density at radius 3 is 2.50 bits per heavy atom. The molecule has 0 fully saturated rings. The summed E-state index contributed by atoms with van der Waals surface area (Å²) in [7, 11) is 0. The van der Waals surface area contributed by atoms with Crippen molar-refractivity contribution in [3.05, 3.63) is 35.9 Å². The lowest BCUT2D eigenvalue weighted by Gasteiger charge is -2.08. The van der Waals surface area contributed by atoms with Gasteiger partial charge in [-0.1, -0.05) is 30.3 Å². The van der Waals surface area contributed by atoms with Crippen LogP contribution in [0, 0.1) is 0 Å². The molecule has 5 heteroatoms. The number of nitrogens with one attached hydrogen (secondary N) is 1. The number of nitrogens with two attached hydrogens (primary N) is 1. The molecule has 0 heterocycles. The van der Waals surface area contributed by atoms with Crippen LogP contribution in [0.1, 0.15) is 5.56 Å². The number of carbonyl (C=O) groups excluding carboxylic acids is 2. The fourth-order valence-corrected chi connectivity index (χ4v) is 1.31. The highest BCUT2D eigenvalue weighted by molar-refractivity contribution is 5.85. The molecule has 1 atom stereocenters. The van der Waals surface area contributed by atoms with Gasteiger partial charge in [-0.25, -0.2) is 0 Å². The molecule has 0 radical (unpaired) electrons. The van der Waals surface area contributed by atoms with Crippen molar-refractivity contribution in [3.8, 4) is 0 Å². The van der Waals surface area contributed by atoms with Crippen LogP contribution in [-0.4, -0.2) is 24.4 Å². The molecule has 1 aromatic carbocycles. The highest BCUT2D eigenvalue weighted by Crippen LogP contribution is 2.00. The third kappa shape index (κ3) is 4.10. The minimum atomic E-state index is -0.555. The SMILES string of the molecule is NC(=O)CNC(=O)[C@@H]([NH3+])Cc1ccccc1. The third-order valence-corrected chi connectivity index (χ3v) is 2.13. The second kappa shape index (κ2) is 5.87. The molecule has 1 aromatic rings. The van der Waals surface area contributed by atoms with E-state index in [0.29, 0.717) is 6.42 Å². The predicted molar refractivity (Wildman–Crippen MR) is 59.0 cm³/mol. The Labute approximate surface area is 93.8 Å². The zero-order chi connectivity index (χ0) is 12.0. The largest absolute Gasteiger partial charge is 0.368 e. The van der Waals surface area contributed by atoms with Crippen LogP contribution in [0.25, 0.3) is 0 Å². The Morgan fingerprint density at radius 1 is 1.31 bits per heavy atom. The monoisotopic (exact) mass is 222 g/mol. The molecular formula is C11H16N3O2+. The van der Waals surface area contributed by atoms with Gasteiger partial charge in [0, 0.05) is 6.42 Å². The van der Waals surface area contributed by atoms with Crippen molar-refractivity contribution in [1.29, 1.82) is 0 Å². The number of primary amides is 1. The van der Waals surface area contributed by atoms with Gasteiger partial charge >= 0.3 is 0 Å². The molecule has 0 saturated heterocycles. The second-order valence-electron chi connectivity index (χ2n) is 3.57. The van der Waals surface area contributed by atoms with Crippen molar-refractivity contribution >= 4 is 11.8 Å². The van der Waals surface area contributed by atoms with E-state index in [1.165, 1.54) is 0 Å². The fourth-order valence-electron chi connectivity index (χ4n) is 1.31. The average molecular weight is 222 g/mol. The molecule has 0 aromatic heterocycles. The van der Waals surface area contributed by atoms with Gasteiger partial charge in [0.05, 0.1) is 6.54 Å². The van der Waals surface area contributed by atoms with Gasteiger partial charge in [-0.3, -0.25) is 9.59 Å². The van der Waals surface area contributed by atoms with Gasteiger partial charge in [0.25, 0.3) is 5.91 Å². The molecule has 0 aliphatic rings. The summed E-state index contributed by atoms with van der Waals surface area (Å²) < 4.78 is 0. The van der Waals surface area contributed by atoms with Crippen LogP contribution in [0.3, 0.4) is 0 Å². The molecule has 0 aliphatic heterocycles. The zero-order valence-corrected chi connectivity index (χ0v) is 8.98. The van der Waals surface area contributed by atoms with Crippen LogP contribution < -0.4 is 16.8 Å². The topological polar surface area (TPSA) is 99.8 Å². The molecule has 0 bridgehead atoms. The number of hydrogen-bond acceptors (Lipinski definition) is 2. The Balaban J connectivity index is 2.43. The van der Waals surface area contributed by atoms with Crippen LogP contribution in [0.2, 0.25) is 0 Å². The number of amides is 2. The van der Waals surface area contributed by atoms with E-state index in [9.17, 15) is 9.59 Å². The van der Waals surface area contributed by atoms with Gasteiger partial charge in [0.15, 0.2) is 6.04 Å². The predicted octanol–water partition coefficient (Wildman–Crippen LogP) is -1.56. The van der Waals surface area contributed by atoms with E-state index < -0.39 is 11.9 Å². The summed E-state index contributed by atoms with van der Waals surface area (Å²) in [5.41, 5.74) is 9.71. The molecule has 0 aliphatic carbocycles. The maximum Gasteiger partial charge on any atom is 0.278 e. The number of benzene rings is 1. The van der Waals surface area contributed by atoms with E-state index in [1.807, 2.05) is 30.3 Å². The molecule has 86 valence electrons. The summed E-state index contributed by atoms with van der Waals surface area (Å²) in [6, 6.07) is 9.17. The van der Waals surface area contributed by atoms with Crippen LogP contribution in [0.15, 0.2) is 30.3 Å². The van der Waals surface area contributed by atoms with Crippen molar-refractivity contribution in [2.75, 3.05) is 6.54 Å². The first kappa shape index (κ1) is 12.2. The Hall–Kier alpha value is -1.88. The number of hydrogen-bond donors (Lipinski definition) is 3. The second-order valence-corrected chi connectivity index (χ2v) is 3.57. The Kier molecular flexibility index (Phi) is 4.47. The zero-order valence-electron chi connectivity index (χ0n) is 8.98. The minimum absolute atomic E-state index is 0.139. The van der Waals surface area contributed by atoms with Crippen LogP contribution in [0.4, 0.5) is 0 Å². The van der Waals surface area contributed by atoms with Crippen molar-refractivity contribution in [3.63, 3.8) is 0 Å². The molecule has 2 amide bonds. The first-order chi connectivity index (χ1) is 7.59. The highest BCUT2D eigenvalue weighted by atomic mass is 16.2. The van der Waals surface area contributed by atoms with E-state index in [4.69, 9.17) is 5.73 Å². The van der Waals surface area contributed by atoms with Gasteiger partial charge in [-0.05, 0) is 5.56 Å². The maximum absolute atomic E-state index is 11.5. The molecule has 5 nitrogen and oxygen atoms in total. The molecular weight excluding hydrogens is 206 g/mol. The average Bonchev–Trinajstić information content (AvgIpc) is 2.27. The lowest BCUT2D eigenvalue weighted by Crippen LogP contribution is -2.68. The quantitative estimate of drug-likeness (QED) is 0.561. The maximum atomic E-state index is 11.5. The molecule has 0 unspecified atom stereocenters. The van der Waals surface area contributed by atoms with E-state index in [0.717, 1.165) is 5.56 Å². The summed E-state index contributed by atoms with van der Waals surface area (Å²) in [5, 5.41) is 2.43. The van der Waals surface area contributed by atoms with Crippen molar-refractivity contribution < 1.29 is 15.3 Å². The van der Waals surface area contributed by atoms with Crippen molar-refractivity contribution in [2.24, 2.45) is 5.73 Å². The molecule has 16 heavy (non-hydrogen) atoms. The Bertz CT molecular complexity index is 365. The van der Waals surface area contributed by atoms with E-state index in [1.54, 1.807) is 0 Å². The fraction of sp³-hybridized carbons (Fsp3) is 0.273. The van der Waals surface area contributed by atoms with Gasteiger partial charge in [-0.2, -0.15) is 0 Å². The summed E-state index contributed by atoms with van der Waals surface area (Å²) in [4.78, 5) is 21.9. The lowest BCUT2D eigenvalue weighted by atomic mass is 10.1. The molecule has 0 spiro atoms. The normalized spacial score (nSPS) is 11.8. The first-order valence-corrected chi connectivity index (χ1v) is 5.02.